The first-order valence-corrected chi connectivity index (χ1v) is 25.9. The number of piperazine rings is 1. The second-order valence-electron chi connectivity index (χ2n) is 21.3. The highest BCUT2D eigenvalue weighted by molar-refractivity contribution is 5.87. The molecule has 7 atom stereocenters. The lowest BCUT2D eigenvalue weighted by Crippen LogP contribution is -2.62. The third kappa shape index (κ3) is 14.5. The monoisotopic (exact) mass is 1170 g/mol. The maximum atomic E-state index is 16.1. The molecule has 5 N–H and O–H groups in total. The lowest BCUT2D eigenvalue weighted by molar-refractivity contribution is -0.239. The number of carbonyl (C=O) groups excluding carboxylic acids is 4. The van der Waals surface area contributed by atoms with E-state index in [1.165, 1.54) is 12.1 Å². The molecule has 7 rings (SSSR count). The summed E-state index contributed by atoms with van der Waals surface area (Å²) in [6.07, 6.45) is -13.1. The number of alkyl halides is 8. The predicted molar refractivity (Wildman–Crippen MR) is 274 cm³/mol. The Morgan fingerprint density at radius 3 is 1.99 bits per heavy atom. The number of benzene rings is 2. The molecule has 0 spiro atoms. The van der Waals surface area contributed by atoms with Crippen molar-refractivity contribution in [3.05, 3.63) is 101 Å². The van der Waals surface area contributed by atoms with E-state index >= 15 is 8.78 Å². The molecule has 4 aromatic rings. The van der Waals surface area contributed by atoms with E-state index in [2.05, 4.69) is 41.8 Å². The number of rotatable bonds is 19. The second kappa shape index (κ2) is 25.5. The summed E-state index contributed by atoms with van der Waals surface area (Å²) in [5.74, 6) is 0.714. The third-order valence-electron chi connectivity index (χ3n) is 15.0. The van der Waals surface area contributed by atoms with E-state index in [1.54, 1.807) is 18.3 Å². The molecule has 3 saturated heterocycles. The van der Waals surface area contributed by atoms with Crippen LogP contribution in [-0.2, 0) is 36.8 Å². The van der Waals surface area contributed by atoms with Gasteiger partial charge in [0.2, 0.25) is 5.91 Å². The number of hydrogen-bond donors (Lipinski definition) is 5. The van der Waals surface area contributed by atoms with Crippen molar-refractivity contribution in [1.29, 1.82) is 0 Å². The van der Waals surface area contributed by atoms with Gasteiger partial charge in [-0.05, 0) is 101 Å². The summed E-state index contributed by atoms with van der Waals surface area (Å²) < 4.78 is 161. The van der Waals surface area contributed by atoms with Crippen molar-refractivity contribution in [3.8, 4) is 23.1 Å². The van der Waals surface area contributed by atoms with Crippen LogP contribution in [0.25, 0.3) is 11.3 Å². The smallest absolute Gasteiger partial charge is 0.407 e. The Kier molecular flexibility index (Phi) is 19.4. The molecule has 18 nitrogen and oxygen atoms in total. The van der Waals surface area contributed by atoms with E-state index in [-0.39, 0.29) is 21.5 Å². The molecule has 0 unspecified atom stereocenters. The topological polar surface area (TPSA) is 205 Å². The summed E-state index contributed by atoms with van der Waals surface area (Å²) >= 11 is 0. The Morgan fingerprint density at radius 1 is 0.829 bits per heavy atom. The van der Waals surface area contributed by atoms with E-state index in [1.807, 2.05) is 28.2 Å². The zero-order valence-corrected chi connectivity index (χ0v) is 45.3. The SMILES string of the molecule is CNC(=O)O[C@H](C(=O)NN(Cc1c(F)cc(-c2ccn(C(F)F)n2)cc1F)C[C@H](O)[C@H](Cc1ccc(C#Cc2ccc(N3C[C@@H]4CC[C@@H](C3)N4[C@H]3CCOC3)nc2)cc1)NC(=O)[C@@H](NC(=O)OC)C(C)(C)C(F)(F)F)C(C)(C)C(F)(F)F. The Balaban J connectivity index is 1.18. The Labute approximate surface area is 465 Å². The molecule has 446 valence electrons. The van der Waals surface area contributed by atoms with Crippen LogP contribution in [-0.4, -0.2) is 156 Å². The number of carbonyl (C=O) groups is 4. The molecule has 28 heteroatoms. The molecule has 3 aliphatic rings. The van der Waals surface area contributed by atoms with Gasteiger partial charge in [-0.3, -0.25) is 19.9 Å². The molecule has 4 amide bonds. The molecule has 0 radical (unpaired) electrons. The number of ether oxygens (including phenoxy) is 3. The van der Waals surface area contributed by atoms with Crippen LogP contribution in [0.3, 0.4) is 0 Å². The molecule has 82 heavy (non-hydrogen) atoms. The van der Waals surface area contributed by atoms with Crippen LogP contribution >= 0.6 is 0 Å². The van der Waals surface area contributed by atoms with Crippen molar-refractivity contribution < 1.29 is 82.4 Å². The normalized spacial score (nSPS) is 19.2. The number of hydrogen-bond acceptors (Lipinski definition) is 13. The molecule has 2 aromatic carbocycles. The van der Waals surface area contributed by atoms with Gasteiger partial charge >= 0.3 is 31.1 Å². The molecule has 0 saturated carbocycles. The molecule has 5 heterocycles. The number of fused-ring (bicyclic) bond motifs is 2. The minimum atomic E-state index is -5.27. The Hall–Kier alpha value is -7.22. The number of alkyl carbamates (subject to hydrolysis) is 2. The van der Waals surface area contributed by atoms with Gasteiger partial charge in [-0.25, -0.2) is 33.0 Å². The van der Waals surface area contributed by atoms with Gasteiger partial charge in [-0.2, -0.15) is 40.2 Å². The molecule has 0 aliphatic carbocycles. The minimum absolute atomic E-state index is 0.198. The maximum Gasteiger partial charge on any atom is 0.407 e. The van der Waals surface area contributed by atoms with Crippen LogP contribution in [0.5, 0.6) is 0 Å². The van der Waals surface area contributed by atoms with Crippen LogP contribution in [0.2, 0.25) is 0 Å². The summed E-state index contributed by atoms with van der Waals surface area (Å²) in [5, 5.41) is 22.2. The fourth-order valence-corrected chi connectivity index (χ4v) is 9.96. The molecule has 2 bridgehead atoms. The number of pyridine rings is 1. The van der Waals surface area contributed by atoms with Gasteiger partial charge in [0.05, 0.1) is 37.0 Å². The summed E-state index contributed by atoms with van der Waals surface area (Å²) in [4.78, 5) is 62.5. The number of nitrogens with one attached hydrogen (secondary N) is 4. The van der Waals surface area contributed by atoms with Gasteiger partial charge in [-0.15, -0.1) is 0 Å². The van der Waals surface area contributed by atoms with Crippen LogP contribution in [0.4, 0.5) is 59.3 Å². The highest BCUT2D eigenvalue weighted by Gasteiger charge is 2.58. The van der Waals surface area contributed by atoms with Gasteiger partial charge in [0.15, 0.2) is 6.10 Å². The van der Waals surface area contributed by atoms with E-state index < -0.39 is 115 Å². The van der Waals surface area contributed by atoms with Crippen molar-refractivity contribution in [3.63, 3.8) is 0 Å². The number of nitrogens with zero attached hydrogens (tertiary/aromatic N) is 6. The number of methoxy groups -OCH3 is 1. The van der Waals surface area contributed by atoms with Gasteiger partial charge in [0.1, 0.15) is 28.9 Å². The standard InChI is InChI=1S/C54H62F10N10O8/c1-51(2,53(59,60)61)44(68-50(79)80-6)46(76)67-41(21-31-10-7-30(8-11-31)9-12-32-13-16-43(66-24-32)71-25-34-14-15-35(26-71)74(34)36-18-20-81-29-36)42(75)28-72(70-47(77)45(82-49(78)65-5)52(3,4)54(62,63)64)27-37-38(55)22-33(23-39(37)56)40-17-19-73(69-40)48(57)58/h7-8,10-11,13,16-17,19,22-24,34-36,41-42,44-45,48,75H,14-15,18,20-21,25-29H2,1-6H3,(H,65,78)(H,67,76)(H,68,79)(H,70,77)/t34-,35-,36-,41-,42-,44+,45+/m0/s1. The fraction of sp³-hybridized carbons (Fsp3) is 0.519. The van der Waals surface area contributed by atoms with Crippen molar-refractivity contribution >= 4 is 29.8 Å². The quantitative estimate of drug-likeness (QED) is 0.0365. The average Bonchev–Trinajstić information content (AvgIpc) is 3.82. The highest BCUT2D eigenvalue weighted by atomic mass is 19.4. The highest BCUT2D eigenvalue weighted by Crippen LogP contribution is 2.43. The fourth-order valence-electron chi connectivity index (χ4n) is 9.96. The number of hydrazine groups is 1. The number of aliphatic hydroxyl groups is 1. The van der Waals surface area contributed by atoms with Gasteiger partial charge in [-0.1, -0.05) is 24.0 Å². The lowest BCUT2D eigenvalue weighted by atomic mass is 9.82. The number of aromatic nitrogens is 3. The zero-order chi connectivity index (χ0) is 60.1. The zero-order valence-electron chi connectivity index (χ0n) is 45.3. The summed E-state index contributed by atoms with van der Waals surface area (Å²) in [5.41, 5.74) is -4.54. The van der Waals surface area contributed by atoms with Crippen molar-refractivity contribution in [2.45, 2.75) is 121 Å². The molecular formula is C54H62F10N10O8. The Morgan fingerprint density at radius 2 is 1.45 bits per heavy atom. The van der Waals surface area contributed by atoms with Crippen LogP contribution < -0.4 is 26.3 Å². The predicted octanol–water partition coefficient (Wildman–Crippen LogP) is 7.01. The number of aliphatic hydroxyl groups excluding tert-OH is 1. The Bertz CT molecular complexity index is 2930. The largest absolute Gasteiger partial charge is 0.453 e. The lowest BCUT2D eigenvalue weighted by Gasteiger charge is -2.44. The van der Waals surface area contributed by atoms with Crippen molar-refractivity contribution in [1.82, 2.24) is 46.0 Å². The summed E-state index contributed by atoms with van der Waals surface area (Å²) in [6, 6.07) is 9.15. The summed E-state index contributed by atoms with van der Waals surface area (Å²) in [7, 11) is 1.79. The maximum absolute atomic E-state index is 16.1. The minimum Gasteiger partial charge on any atom is -0.453 e. The van der Waals surface area contributed by atoms with E-state index in [4.69, 9.17) is 9.47 Å². The molecule has 3 fully saturated rings. The number of anilines is 1. The first kappa shape index (κ1) is 62.4. The van der Waals surface area contributed by atoms with E-state index in [0.29, 0.717) is 74.1 Å². The van der Waals surface area contributed by atoms with E-state index in [0.717, 1.165) is 77.8 Å². The number of amides is 4. The molecule has 3 aliphatic heterocycles. The van der Waals surface area contributed by atoms with Crippen LogP contribution in [0.1, 0.15) is 75.8 Å². The van der Waals surface area contributed by atoms with Crippen LogP contribution in [0, 0.1) is 34.3 Å². The molecular weight excluding hydrogens is 1110 g/mol. The third-order valence-corrected chi connectivity index (χ3v) is 15.0. The first-order valence-electron chi connectivity index (χ1n) is 25.9. The number of halogens is 10. The van der Waals surface area contributed by atoms with Gasteiger partial charge in [0.25, 0.3) is 5.91 Å². The van der Waals surface area contributed by atoms with E-state index in [9.17, 15) is 59.4 Å². The second-order valence-corrected chi connectivity index (χ2v) is 21.3. The summed E-state index contributed by atoms with van der Waals surface area (Å²) in [6.45, 7) is -0.0314. The van der Waals surface area contributed by atoms with Crippen LogP contribution in [0.15, 0.2) is 67.0 Å². The van der Waals surface area contributed by atoms with Gasteiger partial charge < -0.3 is 40.2 Å². The first-order chi connectivity index (χ1) is 38.5. The van der Waals surface area contributed by atoms with Gasteiger partial charge in [0, 0.05) is 92.6 Å². The van der Waals surface area contributed by atoms with Crippen molar-refractivity contribution in [2.75, 3.05) is 51.9 Å². The molecule has 2 aromatic heterocycles. The van der Waals surface area contributed by atoms with Crippen molar-refractivity contribution in [2.24, 2.45) is 10.8 Å². The average molecular weight is 1170 g/mol.